The van der Waals surface area contributed by atoms with E-state index in [1.54, 1.807) is 6.92 Å². The molecule has 0 spiro atoms. The summed E-state index contributed by atoms with van der Waals surface area (Å²) in [5, 5.41) is -0.702. The van der Waals surface area contributed by atoms with Crippen LogP contribution in [0.15, 0.2) is 12.1 Å². The largest absolute Gasteiger partial charge is 0.449 e. The average Bonchev–Trinajstić information content (AvgIpc) is 2.72. The van der Waals surface area contributed by atoms with Gasteiger partial charge in [-0.05, 0) is 19.1 Å². The van der Waals surface area contributed by atoms with E-state index < -0.39 is 41.0 Å². The maximum Gasteiger partial charge on any atom is 0.449 e. The topological polar surface area (TPSA) is 27.1 Å². The molecular formula is C12H9ClF6N2O. The van der Waals surface area contributed by atoms with Gasteiger partial charge < -0.3 is 4.74 Å². The Morgan fingerprint density at radius 2 is 1.77 bits per heavy atom. The van der Waals surface area contributed by atoms with Gasteiger partial charge in [0.2, 0.25) is 5.82 Å². The van der Waals surface area contributed by atoms with Gasteiger partial charge in [0.25, 0.3) is 0 Å². The maximum atomic E-state index is 13.0. The number of imidazole rings is 1. The first-order valence-corrected chi connectivity index (χ1v) is 6.35. The molecule has 1 aromatic carbocycles. The monoisotopic (exact) mass is 346 g/mol. The van der Waals surface area contributed by atoms with Crippen LogP contribution in [0.25, 0.3) is 11.0 Å². The van der Waals surface area contributed by atoms with Crippen molar-refractivity contribution in [3.8, 4) is 0 Å². The molecule has 0 atom stereocenters. The molecule has 0 N–H and O–H groups in total. The first kappa shape index (κ1) is 16.9. The second-order valence-electron chi connectivity index (χ2n) is 4.30. The third-order valence-electron chi connectivity index (χ3n) is 2.82. The second kappa shape index (κ2) is 5.62. The maximum absolute atomic E-state index is 13.0. The Morgan fingerprint density at radius 1 is 1.14 bits per heavy atom. The van der Waals surface area contributed by atoms with Crippen molar-refractivity contribution in [1.29, 1.82) is 0 Å². The smallest absolute Gasteiger partial charge is 0.361 e. The van der Waals surface area contributed by atoms with Crippen molar-refractivity contribution in [2.24, 2.45) is 0 Å². The number of fused-ring (bicyclic) bond motifs is 1. The molecule has 122 valence electrons. The highest BCUT2D eigenvalue weighted by Crippen LogP contribution is 2.39. The van der Waals surface area contributed by atoms with E-state index in [0.29, 0.717) is 10.6 Å². The quantitative estimate of drug-likeness (QED) is 0.752. The molecule has 0 aliphatic carbocycles. The molecule has 0 bridgehead atoms. The molecule has 1 heterocycles. The van der Waals surface area contributed by atoms with Crippen LogP contribution in [-0.4, -0.2) is 16.2 Å². The molecule has 1 aromatic heterocycles. The molecular weight excluding hydrogens is 338 g/mol. The zero-order valence-electron chi connectivity index (χ0n) is 11.0. The van der Waals surface area contributed by atoms with Crippen molar-refractivity contribution in [1.82, 2.24) is 9.55 Å². The molecule has 2 aromatic rings. The summed E-state index contributed by atoms with van der Waals surface area (Å²) in [4.78, 5) is 3.25. The van der Waals surface area contributed by atoms with Gasteiger partial charge in [-0.1, -0.05) is 11.6 Å². The van der Waals surface area contributed by atoms with E-state index in [2.05, 4.69) is 4.98 Å². The molecule has 0 saturated heterocycles. The molecule has 0 radical (unpaired) electrons. The molecule has 0 fully saturated rings. The minimum absolute atomic E-state index is 0.130. The van der Waals surface area contributed by atoms with Crippen molar-refractivity contribution in [2.75, 3.05) is 6.61 Å². The van der Waals surface area contributed by atoms with E-state index in [4.69, 9.17) is 16.3 Å². The van der Waals surface area contributed by atoms with Crippen LogP contribution in [0.1, 0.15) is 18.3 Å². The van der Waals surface area contributed by atoms with E-state index in [1.807, 2.05) is 0 Å². The minimum atomic E-state index is -4.83. The van der Waals surface area contributed by atoms with Gasteiger partial charge in [-0.15, -0.1) is 0 Å². The predicted octanol–water partition coefficient (Wildman–Crippen LogP) is 4.72. The van der Waals surface area contributed by atoms with Gasteiger partial charge in [-0.3, -0.25) is 4.57 Å². The molecule has 2 rings (SSSR count). The lowest BCUT2D eigenvalue weighted by Crippen LogP contribution is -2.16. The van der Waals surface area contributed by atoms with Gasteiger partial charge >= 0.3 is 12.4 Å². The number of aromatic nitrogens is 2. The first-order chi connectivity index (χ1) is 10.1. The Bertz CT molecular complexity index is 691. The van der Waals surface area contributed by atoms with Crippen LogP contribution in [0.5, 0.6) is 0 Å². The summed E-state index contributed by atoms with van der Waals surface area (Å²) in [7, 11) is 0. The van der Waals surface area contributed by atoms with Gasteiger partial charge in [0.15, 0.2) is 0 Å². The average molecular weight is 347 g/mol. The number of nitrogens with zero attached hydrogens (tertiary/aromatic N) is 2. The number of hydrogen-bond acceptors (Lipinski definition) is 2. The summed E-state index contributed by atoms with van der Waals surface area (Å²) in [6.07, 6.45) is -9.62. The van der Waals surface area contributed by atoms with Crippen LogP contribution in [0.3, 0.4) is 0 Å². The highest BCUT2D eigenvalue weighted by Gasteiger charge is 2.39. The fourth-order valence-corrected chi connectivity index (χ4v) is 2.16. The van der Waals surface area contributed by atoms with E-state index in [0.717, 1.165) is 6.07 Å². The van der Waals surface area contributed by atoms with E-state index in [-0.39, 0.29) is 12.1 Å². The first-order valence-electron chi connectivity index (χ1n) is 5.97. The highest BCUT2D eigenvalue weighted by molar-refractivity contribution is 6.32. The standard InChI is InChI=1S/C12H9ClF6N2O/c1-2-22-5-21-9-4-7(13)6(11(14,15)16)3-8(9)20-10(21)12(17,18)19/h3-4H,2,5H2,1H3. The Balaban J connectivity index is 2.71. The van der Waals surface area contributed by atoms with Crippen LogP contribution >= 0.6 is 11.6 Å². The van der Waals surface area contributed by atoms with Gasteiger partial charge in [-0.25, -0.2) is 4.98 Å². The normalized spacial score (nSPS) is 13.1. The van der Waals surface area contributed by atoms with E-state index >= 15 is 0 Å². The van der Waals surface area contributed by atoms with Crippen molar-refractivity contribution in [2.45, 2.75) is 26.0 Å². The van der Waals surface area contributed by atoms with Gasteiger partial charge in [0, 0.05) is 6.61 Å². The van der Waals surface area contributed by atoms with Crippen molar-refractivity contribution in [3.63, 3.8) is 0 Å². The Labute approximate surface area is 125 Å². The zero-order chi connectivity index (χ0) is 16.7. The molecule has 0 aliphatic heterocycles. The lowest BCUT2D eigenvalue weighted by Gasteiger charge is -2.12. The lowest BCUT2D eigenvalue weighted by molar-refractivity contribution is -0.149. The molecule has 0 saturated carbocycles. The summed E-state index contributed by atoms with van der Waals surface area (Å²) in [6.45, 7) is 1.20. The summed E-state index contributed by atoms with van der Waals surface area (Å²) < 4.78 is 82.7. The third kappa shape index (κ3) is 3.14. The third-order valence-corrected chi connectivity index (χ3v) is 3.13. The molecule has 0 unspecified atom stereocenters. The Hall–Kier alpha value is -1.48. The molecule has 22 heavy (non-hydrogen) atoms. The number of alkyl halides is 6. The molecule has 10 heteroatoms. The lowest BCUT2D eigenvalue weighted by atomic mass is 10.2. The highest BCUT2D eigenvalue weighted by atomic mass is 35.5. The SMILES string of the molecule is CCOCn1c(C(F)(F)F)nc2cc(C(F)(F)F)c(Cl)cc21. The van der Waals surface area contributed by atoms with E-state index in [9.17, 15) is 26.3 Å². The van der Waals surface area contributed by atoms with Crippen LogP contribution in [0.2, 0.25) is 5.02 Å². The van der Waals surface area contributed by atoms with Crippen LogP contribution in [-0.2, 0) is 23.8 Å². The molecule has 0 aliphatic rings. The fourth-order valence-electron chi connectivity index (χ4n) is 1.89. The van der Waals surface area contributed by atoms with Crippen LogP contribution in [0.4, 0.5) is 26.3 Å². The second-order valence-corrected chi connectivity index (χ2v) is 4.71. The summed E-state index contributed by atoms with van der Waals surface area (Å²) in [5.74, 6) is -1.34. The van der Waals surface area contributed by atoms with Gasteiger partial charge in [0.05, 0.1) is 21.6 Å². The van der Waals surface area contributed by atoms with Crippen molar-refractivity contribution >= 4 is 22.6 Å². The molecule has 0 amide bonds. The number of rotatable bonds is 3. The van der Waals surface area contributed by atoms with Crippen LogP contribution < -0.4 is 0 Å². The number of halogens is 7. The minimum Gasteiger partial charge on any atom is -0.361 e. The number of benzene rings is 1. The van der Waals surface area contributed by atoms with Gasteiger partial charge in [0.1, 0.15) is 6.73 Å². The summed E-state index contributed by atoms with van der Waals surface area (Å²) in [5.41, 5.74) is -1.88. The summed E-state index contributed by atoms with van der Waals surface area (Å²) in [6, 6.07) is 1.30. The van der Waals surface area contributed by atoms with Gasteiger partial charge in [-0.2, -0.15) is 26.3 Å². The molecule has 3 nitrogen and oxygen atoms in total. The fraction of sp³-hybridized carbons (Fsp3) is 0.417. The van der Waals surface area contributed by atoms with E-state index in [1.165, 1.54) is 0 Å². The zero-order valence-corrected chi connectivity index (χ0v) is 11.8. The Morgan fingerprint density at radius 3 is 2.27 bits per heavy atom. The number of ether oxygens (including phenoxy) is 1. The van der Waals surface area contributed by atoms with Crippen molar-refractivity contribution < 1.29 is 31.1 Å². The van der Waals surface area contributed by atoms with Crippen molar-refractivity contribution in [3.05, 3.63) is 28.5 Å². The van der Waals surface area contributed by atoms with Crippen LogP contribution in [0, 0.1) is 0 Å². The Kier molecular flexibility index (Phi) is 4.31. The number of hydrogen-bond donors (Lipinski definition) is 0. The predicted molar refractivity (Wildman–Crippen MR) is 66.4 cm³/mol. The summed E-state index contributed by atoms with van der Waals surface area (Å²) >= 11 is 5.53.